The lowest BCUT2D eigenvalue weighted by Crippen LogP contribution is -2.50. The van der Waals surface area contributed by atoms with Crippen molar-refractivity contribution in [2.24, 2.45) is 0 Å². The summed E-state index contributed by atoms with van der Waals surface area (Å²) in [6.07, 6.45) is 0. The van der Waals surface area contributed by atoms with Gasteiger partial charge in [-0.05, 0) is 0 Å². The zero-order valence-electron chi connectivity index (χ0n) is 4.84. The van der Waals surface area contributed by atoms with Crippen molar-refractivity contribution in [1.29, 1.82) is 0 Å². The first-order chi connectivity index (χ1) is 4.79. The molecule has 0 aromatic carbocycles. The van der Waals surface area contributed by atoms with Crippen molar-refractivity contribution in [3.05, 3.63) is 0 Å². The molecule has 0 bridgehead atoms. The first-order valence-electron chi connectivity index (χ1n) is 2.02. The van der Waals surface area contributed by atoms with Crippen LogP contribution in [0.15, 0.2) is 0 Å². The van der Waals surface area contributed by atoms with Crippen LogP contribution in [0.2, 0.25) is 0 Å². The lowest BCUT2D eigenvalue weighted by atomic mass is 11.5. The van der Waals surface area contributed by atoms with Crippen molar-refractivity contribution in [3.8, 4) is 0 Å². The summed E-state index contributed by atoms with van der Waals surface area (Å²) in [7, 11) is -9.57. The molecule has 0 radical (unpaired) electrons. The molecule has 76 valence electrons. The maximum absolute atomic E-state index is 11.4. The second-order valence-corrected chi connectivity index (χ2v) is 4.10. The highest BCUT2D eigenvalue weighted by Crippen LogP contribution is 2.57. The monoisotopic (exact) mass is 224 g/mol. The van der Waals surface area contributed by atoms with Crippen molar-refractivity contribution in [2.75, 3.05) is 0 Å². The van der Waals surface area contributed by atoms with Gasteiger partial charge in [0.05, 0.1) is 0 Å². The van der Waals surface area contributed by atoms with Gasteiger partial charge in [0.2, 0.25) is 0 Å². The molecule has 0 fully saturated rings. The van der Waals surface area contributed by atoms with Crippen LogP contribution in [0.3, 0.4) is 0 Å². The summed E-state index contributed by atoms with van der Waals surface area (Å²) in [6, 6.07) is 0. The normalized spacial score (nSPS) is 18.5. The zero-order chi connectivity index (χ0) is 10.4. The molecule has 0 aliphatic rings. The van der Waals surface area contributed by atoms with Crippen LogP contribution in [0.4, 0.5) is 34.1 Å². The smallest absolute Gasteiger partial charge is 0.204 e. The topological polar surface area (TPSA) is 17.1 Å². The van der Waals surface area contributed by atoms with E-state index in [0.717, 1.165) is 0 Å². The molecule has 0 spiro atoms. The predicted octanol–water partition coefficient (Wildman–Crippen LogP) is 2.62. The summed E-state index contributed by atoms with van der Waals surface area (Å²) in [4.78, 5) is 0. The minimum Gasteiger partial charge on any atom is -0.204 e. The summed E-state index contributed by atoms with van der Waals surface area (Å²) in [5.74, 6) is 0. The first kappa shape index (κ1) is 11.6. The lowest BCUT2D eigenvalue weighted by molar-refractivity contribution is -0.109. The van der Waals surface area contributed by atoms with Gasteiger partial charge in [-0.3, -0.25) is 0 Å². The lowest BCUT2D eigenvalue weighted by Gasteiger charge is -2.28. The van der Waals surface area contributed by atoms with Gasteiger partial charge >= 0.3 is 20.9 Å². The molecule has 0 rings (SSSR count). The molecule has 0 heterocycles. The quantitative estimate of drug-likeness (QED) is 0.456. The van der Waals surface area contributed by atoms with Crippen molar-refractivity contribution in [3.63, 3.8) is 0 Å². The summed E-state index contributed by atoms with van der Waals surface area (Å²) in [5.41, 5.74) is -14.2. The average Bonchev–Trinajstić information content (AvgIpc) is 1.55. The van der Waals surface area contributed by atoms with Crippen molar-refractivity contribution < 1.29 is 38.3 Å². The Kier molecular flexibility index (Phi) is 2.02. The Morgan fingerprint density at radius 2 is 0.917 bits per heavy atom. The van der Waals surface area contributed by atoms with E-state index in [1.165, 1.54) is 0 Å². The molecule has 10 heteroatoms. The van der Waals surface area contributed by atoms with Crippen LogP contribution in [0.1, 0.15) is 0 Å². The van der Waals surface area contributed by atoms with E-state index in [0.29, 0.717) is 0 Å². The molecule has 0 N–H and O–H groups in total. The first-order valence-corrected chi connectivity index (χ1v) is 3.78. The maximum Gasteiger partial charge on any atom is 0.510 e. The molecule has 0 saturated carbocycles. The van der Waals surface area contributed by atoms with Crippen molar-refractivity contribution >= 4 is 9.84 Å². The fourth-order valence-electron chi connectivity index (χ4n) is 0.131. The molecule has 0 saturated heterocycles. The molecular weight excluding hydrogens is 224 g/mol. The van der Waals surface area contributed by atoms with Crippen LogP contribution in [-0.2, 0) is 9.84 Å². The predicted molar refractivity (Wildman–Crippen MR) is 22.5 cm³/mol. The third-order valence-electron chi connectivity index (χ3n) is 0.770. The average molecular weight is 224 g/mol. The fraction of sp³-hybridized carbons (Fsp3) is 1.00. The van der Waals surface area contributed by atoms with Crippen molar-refractivity contribution in [2.45, 2.75) is 11.0 Å². The maximum atomic E-state index is 11.4. The highest BCUT2D eigenvalue weighted by atomic mass is 32.3. The molecule has 0 aromatic heterocycles. The Hall–Kier alpha value is -0.410. The molecule has 0 unspecified atom stereocenters. The van der Waals surface area contributed by atoms with Gasteiger partial charge in [-0.2, -0.15) is 26.3 Å². The van der Waals surface area contributed by atoms with Crippen LogP contribution in [0.25, 0.3) is 0 Å². The third kappa shape index (κ3) is 1.27. The number of halogens is 8. The minimum absolute atomic E-state index is 7.09. The Bertz CT molecular complexity index is 219. The van der Waals surface area contributed by atoms with Gasteiger partial charge in [-0.1, -0.05) is 0 Å². The van der Waals surface area contributed by atoms with Gasteiger partial charge < -0.3 is 0 Å². The second kappa shape index (κ2) is 2.09. The highest BCUT2D eigenvalue weighted by molar-refractivity contribution is 8.12. The van der Waals surface area contributed by atoms with Gasteiger partial charge in [0.15, 0.2) is 0 Å². The Balaban J connectivity index is 5.47. The fourth-order valence-corrected chi connectivity index (χ4v) is 0.394. The van der Waals surface area contributed by atoms with E-state index in [1.807, 2.05) is 0 Å². The molecule has 1 nitrogen and oxygen atoms in total. The van der Waals surface area contributed by atoms with E-state index in [-0.39, 0.29) is 0 Å². The molecule has 0 amide bonds. The van der Waals surface area contributed by atoms with E-state index in [9.17, 15) is 38.3 Å². The molecule has 12 heavy (non-hydrogen) atoms. The summed E-state index contributed by atoms with van der Waals surface area (Å²) >= 11 is 0. The van der Waals surface area contributed by atoms with Gasteiger partial charge in [-0.25, -0.2) is 4.21 Å². The molecule has 0 aliphatic heterocycles. The van der Waals surface area contributed by atoms with Crippen molar-refractivity contribution in [1.82, 2.24) is 0 Å². The SMILES string of the molecule is O=S(F)(F)(C(F)(F)F)C(F)(F)F. The Morgan fingerprint density at radius 3 is 0.917 bits per heavy atom. The summed E-state index contributed by atoms with van der Waals surface area (Å²) < 4.78 is 98.0. The van der Waals surface area contributed by atoms with E-state index < -0.39 is 20.9 Å². The summed E-state index contributed by atoms with van der Waals surface area (Å²) in [6.45, 7) is 0. The van der Waals surface area contributed by atoms with E-state index in [4.69, 9.17) is 0 Å². The van der Waals surface area contributed by atoms with E-state index in [1.54, 1.807) is 0 Å². The van der Waals surface area contributed by atoms with E-state index in [2.05, 4.69) is 0 Å². The largest absolute Gasteiger partial charge is 0.510 e. The zero-order valence-corrected chi connectivity index (χ0v) is 5.66. The van der Waals surface area contributed by atoms with Crippen LogP contribution in [-0.4, -0.2) is 15.2 Å². The van der Waals surface area contributed by atoms with Gasteiger partial charge in [0.1, 0.15) is 0 Å². The highest BCUT2D eigenvalue weighted by Gasteiger charge is 2.79. The summed E-state index contributed by atoms with van der Waals surface area (Å²) in [5, 5.41) is 0. The van der Waals surface area contributed by atoms with Crippen LogP contribution in [0.5, 0.6) is 0 Å². The number of hydrogen-bond donors (Lipinski definition) is 0. The van der Waals surface area contributed by atoms with Gasteiger partial charge in [0, 0.05) is 0 Å². The van der Waals surface area contributed by atoms with Gasteiger partial charge in [0.25, 0.3) is 0 Å². The van der Waals surface area contributed by atoms with Crippen LogP contribution < -0.4 is 0 Å². The number of rotatable bonds is 0. The molecule has 0 aromatic rings. The molecule has 0 atom stereocenters. The van der Waals surface area contributed by atoms with Crippen LogP contribution in [0, 0.1) is 0 Å². The third-order valence-corrected chi connectivity index (χ3v) is 2.31. The van der Waals surface area contributed by atoms with Gasteiger partial charge in [-0.15, -0.1) is 7.77 Å². The second-order valence-electron chi connectivity index (χ2n) is 1.65. The Morgan fingerprint density at radius 1 is 0.750 bits per heavy atom. The number of alkyl halides is 6. The van der Waals surface area contributed by atoms with E-state index >= 15 is 0 Å². The number of hydrogen-bond acceptors (Lipinski definition) is 1. The molecule has 0 aliphatic carbocycles. The minimum atomic E-state index is -9.57. The molecular formula is C2F8OS. The van der Waals surface area contributed by atoms with Crippen LogP contribution >= 0.6 is 0 Å². The standard InChI is InChI=1S/C2F8OS/c3-1(4,5)12(9,10,11)2(6,7)8. The Labute approximate surface area is 60.3 Å².